The Morgan fingerprint density at radius 3 is 2.55 bits per heavy atom. The summed E-state index contributed by atoms with van der Waals surface area (Å²) in [6.45, 7) is 1.69. The first-order chi connectivity index (χ1) is 10.4. The molecule has 0 atom stereocenters. The molecule has 2 aromatic carbocycles. The topological polar surface area (TPSA) is 69.6 Å². The van der Waals surface area contributed by atoms with Crippen LogP contribution in [0, 0.1) is 18.6 Å². The van der Waals surface area contributed by atoms with Crippen molar-refractivity contribution in [3.63, 3.8) is 0 Å². The predicted molar refractivity (Wildman–Crippen MR) is 78.5 cm³/mol. The van der Waals surface area contributed by atoms with Crippen molar-refractivity contribution < 1.29 is 23.6 Å². The highest BCUT2D eigenvalue weighted by atomic mass is 19.1. The number of rotatable bonds is 4. The second kappa shape index (κ2) is 6.68. The highest BCUT2D eigenvalue weighted by molar-refractivity contribution is 6.58. The van der Waals surface area contributed by atoms with Gasteiger partial charge in [0.1, 0.15) is 11.6 Å². The summed E-state index contributed by atoms with van der Waals surface area (Å²) in [6, 6.07) is 7.67. The SMILES string of the molecule is Cc1ccc(CNC(=O)c2cc(F)cc(B(O)O)c2)c(F)c1. The van der Waals surface area contributed by atoms with E-state index >= 15 is 0 Å². The normalized spacial score (nSPS) is 10.4. The quantitative estimate of drug-likeness (QED) is 0.735. The number of benzene rings is 2. The molecule has 0 aliphatic rings. The Hall–Kier alpha value is -2.25. The zero-order valence-corrected chi connectivity index (χ0v) is 11.8. The van der Waals surface area contributed by atoms with Crippen molar-refractivity contribution in [2.75, 3.05) is 0 Å². The molecule has 0 radical (unpaired) electrons. The van der Waals surface area contributed by atoms with Gasteiger partial charge >= 0.3 is 7.12 Å². The van der Waals surface area contributed by atoms with E-state index in [1.165, 1.54) is 6.07 Å². The van der Waals surface area contributed by atoms with E-state index in [2.05, 4.69) is 5.32 Å². The van der Waals surface area contributed by atoms with E-state index < -0.39 is 24.7 Å². The lowest BCUT2D eigenvalue weighted by Gasteiger charge is -2.08. The predicted octanol–water partition coefficient (Wildman–Crippen LogP) is 0.883. The molecule has 4 nitrogen and oxygen atoms in total. The molecule has 0 fully saturated rings. The second-order valence-electron chi connectivity index (χ2n) is 4.92. The fourth-order valence-corrected chi connectivity index (χ4v) is 1.97. The Kier molecular flexibility index (Phi) is 4.90. The number of hydrogen-bond donors (Lipinski definition) is 3. The van der Waals surface area contributed by atoms with Crippen molar-refractivity contribution in [1.29, 1.82) is 0 Å². The third-order valence-corrected chi connectivity index (χ3v) is 3.13. The molecule has 0 heterocycles. The standard InChI is InChI=1S/C15H14BF2NO3/c1-9-2-3-10(14(18)4-9)8-19-15(20)11-5-12(16(21)22)7-13(17)6-11/h2-7,21-22H,8H2,1H3,(H,19,20). The Bertz CT molecular complexity index is 707. The van der Waals surface area contributed by atoms with Gasteiger partial charge in [-0.2, -0.15) is 0 Å². The van der Waals surface area contributed by atoms with Crippen molar-refractivity contribution >= 4 is 18.5 Å². The van der Waals surface area contributed by atoms with Gasteiger partial charge < -0.3 is 15.4 Å². The largest absolute Gasteiger partial charge is 0.488 e. The van der Waals surface area contributed by atoms with Gasteiger partial charge in [0.15, 0.2) is 0 Å². The Balaban J connectivity index is 2.12. The average molecular weight is 305 g/mol. The number of nitrogens with one attached hydrogen (secondary N) is 1. The maximum Gasteiger partial charge on any atom is 0.488 e. The summed E-state index contributed by atoms with van der Waals surface area (Å²) in [6.07, 6.45) is 0. The second-order valence-corrected chi connectivity index (χ2v) is 4.92. The molecule has 0 saturated carbocycles. The monoisotopic (exact) mass is 305 g/mol. The van der Waals surface area contributed by atoms with Gasteiger partial charge in [-0.15, -0.1) is 0 Å². The summed E-state index contributed by atoms with van der Waals surface area (Å²) in [5.74, 6) is -1.84. The first kappa shape index (κ1) is 16.1. The molecule has 0 bridgehead atoms. The Morgan fingerprint density at radius 2 is 1.91 bits per heavy atom. The molecular formula is C15H14BF2NO3. The van der Waals surface area contributed by atoms with Crippen molar-refractivity contribution in [2.45, 2.75) is 13.5 Å². The van der Waals surface area contributed by atoms with Crippen molar-refractivity contribution in [1.82, 2.24) is 5.32 Å². The third kappa shape index (κ3) is 3.90. The summed E-state index contributed by atoms with van der Waals surface area (Å²) < 4.78 is 27.0. The van der Waals surface area contributed by atoms with E-state index in [0.717, 1.165) is 23.8 Å². The van der Waals surface area contributed by atoms with Crippen molar-refractivity contribution in [2.24, 2.45) is 0 Å². The molecule has 114 valence electrons. The fraction of sp³-hybridized carbons (Fsp3) is 0.133. The van der Waals surface area contributed by atoms with Crippen LogP contribution in [0.15, 0.2) is 36.4 Å². The number of carbonyl (C=O) groups excluding carboxylic acids is 1. The van der Waals surface area contributed by atoms with E-state index in [1.807, 2.05) is 0 Å². The third-order valence-electron chi connectivity index (χ3n) is 3.13. The molecule has 2 rings (SSSR count). The van der Waals surface area contributed by atoms with Gasteiger partial charge in [-0.25, -0.2) is 8.78 Å². The van der Waals surface area contributed by atoms with Crippen LogP contribution in [-0.4, -0.2) is 23.1 Å². The zero-order chi connectivity index (χ0) is 16.3. The summed E-state index contributed by atoms with van der Waals surface area (Å²) >= 11 is 0. The van der Waals surface area contributed by atoms with E-state index in [1.54, 1.807) is 19.1 Å². The lowest BCUT2D eigenvalue weighted by Crippen LogP contribution is -2.32. The molecule has 3 N–H and O–H groups in total. The van der Waals surface area contributed by atoms with Gasteiger partial charge in [-0.3, -0.25) is 4.79 Å². The molecule has 22 heavy (non-hydrogen) atoms. The Morgan fingerprint density at radius 1 is 1.18 bits per heavy atom. The lowest BCUT2D eigenvalue weighted by atomic mass is 9.79. The van der Waals surface area contributed by atoms with Crippen LogP contribution in [0.5, 0.6) is 0 Å². The number of amides is 1. The van der Waals surface area contributed by atoms with Crippen LogP contribution in [0.1, 0.15) is 21.5 Å². The zero-order valence-electron chi connectivity index (χ0n) is 11.8. The highest BCUT2D eigenvalue weighted by Gasteiger charge is 2.16. The van der Waals surface area contributed by atoms with Crippen LogP contribution in [0.25, 0.3) is 0 Å². The maximum atomic E-state index is 13.7. The molecular weight excluding hydrogens is 291 g/mol. The summed E-state index contributed by atoms with van der Waals surface area (Å²) in [5.41, 5.74) is 0.860. The average Bonchev–Trinajstić information content (AvgIpc) is 2.45. The molecule has 0 unspecified atom stereocenters. The highest BCUT2D eigenvalue weighted by Crippen LogP contribution is 2.10. The first-order valence-corrected chi connectivity index (χ1v) is 6.56. The van der Waals surface area contributed by atoms with Gasteiger partial charge in [-0.05, 0) is 42.2 Å². The van der Waals surface area contributed by atoms with E-state index in [9.17, 15) is 13.6 Å². The number of carbonyl (C=O) groups is 1. The van der Waals surface area contributed by atoms with Crippen LogP contribution >= 0.6 is 0 Å². The summed E-state index contributed by atoms with van der Waals surface area (Å²) in [7, 11) is -1.88. The minimum absolute atomic E-state index is 0.0571. The van der Waals surface area contributed by atoms with Gasteiger partial charge in [0.25, 0.3) is 5.91 Å². The molecule has 0 saturated heterocycles. The number of aryl methyl sites for hydroxylation is 1. The molecule has 2 aromatic rings. The van der Waals surface area contributed by atoms with Gasteiger partial charge in [0.05, 0.1) is 0 Å². The molecule has 0 spiro atoms. The summed E-state index contributed by atoms with van der Waals surface area (Å²) in [4.78, 5) is 12.0. The number of halogens is 2. The fourth-order valence-electron chi connectivity index (χ4n) is 1.97. The Labute approximate surface area is 126 Å². The maximum absolute atomic E-state index is 13.7. The van der Waals surface area contributed by atoms with E-state index in [-0.39, 0.29) is 17.6 Å². The van der Waals surface area contributed by atoms with Crippen molar-refractivity contribution in [3.05, 3.63) is 64.7 Å². The molecule has 0 aliphatic heterocycles. The van der Waals surface area contributed by atoms with Gasteiger partial charge in [0.2, 0.25) is 0 Å². The van der Waals surface area contributed by atoms with E-state index in [0.29, 0.717) is 5.56 Å². The van der Waals surface area contributed by atoms with Crippen LogP contribution in [0.2, 0.25) is 0 Å². The first-order valence-electron chi connectivity index (χ1n) is 6.56. The lowest BCUT2D eigenvalue weighted by molar-refractivity contribution is 0.0950. The minimum Gasteiger partial charge on any atom is -0.423 e. The number of hydrogen-bond acceptors (Lipinski definition) is 3. The molecule has 0 aromatic heterocycles. The molecule has 7 heteroatoms. The van der Waals surface area contributed by atoms with Crippen LogP contribution in [0.4, 0.5) is 8.78 Å². The van der Waals surface area contributed by atoms with Gasteiger partial charge in [0, 0.05) is 17.7 Å². The molecule has 0 aliphatic carbocycles. The summed E-state index contributed by atoms with van der Waals surface area (Å²) in [5, 5.41) is 20.5. The minimum atomic E-state index is -1.88. The smallest absolute Gasteiger partial charge is 0.423 e. The van der Waals surface area contributed by atoms with Crippen LogP contribution < -0.4 is 10.8 Å². The van der Waals surface area contributed by atoms with Gasteiger partial charge in [-0.1, -0.05) is 12.1 Å². The van der Waals surface area contributed by atoms with Crippen molar-refractivity contribution in [3.8, 4) is 0 Å². The van der Waals surface area contributed by atoms with Crippen LogP contribution in [0.3, 0.4) is 0 Å². The van der Waals surface area contributed by atoms with Crippen LogP contribution in [-0.2, 0) is 6.54 Å². The van der Waals surface area contributed by atoms with E-state index in [4.69, 9.17) is 10.0 Å². The molecule has 1 amide bonds.